The largest absolute Gasteiger partial charge is 0.461 e. The second-order valence-electron chi connectivity index (χ2n) is 0.765. The van der Waals surface area contributed by atoms with Gasteiger partial charge in [0.2, 0.25) is 0 Å². The fraction of sp³-hybridized carbons (Fsp3) is 0.333. The summed E-state index contributed by atoms with van der Waals surface area (Å²) >= 11 is 0. The minimum absolute atomic E-state index is 0.930. The van der Waals surface area contributed by atoms with Gasteiger partial charge in [-0.3, -0.25) is 0 Å². The molecule has 0 amide bonds. The van der Waals surface area contributed by atoms with Crippen LogP contribution in [0.15, 0.2) is 0 Å². The molecular formula is C3H3FO3. The molecule has 0 aliphatic heterocycles. The van der Waals surface area contributed by atoms with Crippen LogP contribution in [0.25, 0.3) is 0 Å². The maximum Gasteiger partial charge on any atom is 0.409 e. The highest BCUT2D eigenvalue weighted by molar-refractivity contribution is 6.29. The minimum atomic E-state index is -2.07. The van der Waals surface area contributed by atoms with Crippen LogP contribution in [0.1, 0.15) is 0 Å². The maximum absolute atomic E-state index is 11.0. The van der Waals surface area contributed by atoms with Crippen molar-refractivity contribution in [3.8, 4) is 0 Å². The molecule has 0 aromatic rings. The van der Waals surface area contributed by atoms with Gasteiger partial charge in [0.05, 0.1) is 7.11 Å². The Labute approximate surface area is 39.1 Å². The Bertz CT molecular complexity index is 98.4. The van der Waals surface area contributed by atoms with E-state index in [2.05, 4.69) is 4.74 Å². The van der Waals surface area contributed by atoms with E-state index >= 15 is 0 Å². The first-order valence-electron chi connectivity index (χ1n) is 1.46. The highest BCUT2D eigenvalue weighted by Gasteiger charge is 2.09. The first-order valence-corrected chi connectivity index (χ1v) is 1.46. The van der Waals surface area contributed by atoms with Crippen LogP contribution in [0.5, 0.6) is 0 Å². The van der Waals surface area contributed by atoms with E-state index in [0.717, 1.165) is 7.11 Å². The molecule has 0 atom stereocenters. The van der Waals surface area contributed by atoms with E-state index in [0.29, 0.717) is 0 Å². The number of methoxy groups -OCH3 is 1. The van der Waals surface area contributed by atoms with Crippen LogP contribution in [-0.4, -0.2) is 19.1 Å². The Hall–Kier alpha value is -0.930. The lowest BCUT2D eigenvalue weighted by atomic mass is 10.7. The Morgan fingerprint density at radius 3 is 2.00 bits per heavy atom. The molecule has 0 radical (unpaired) electrons. The fourth-order valence-electron chi connectivity index (χ4n) is 0.0802. The lowest BCUT2D eigenvalue weighted by Gasteiger charge is -1.83. The summed E-state index contributed by atoms with van der Waals surface area (Å²) in [7, 11) is 0.930. The van der Waals surface area contributed by atoms with Gasteiger partial charge in [-0.2, -0.15) is 4.39 Å². The SMILES string of the molecule is COC(=O)C(=O)F. The molecule has 0 heterocycles. The summed E-state index contributed by atoms with van der Waals surface area (Å²) in [5, 5.41) is 0. The van der Waals surface area contributed by atoms with Gasteiger partial charge in [0.1, 0.15) is 0 Å². The van der Waals surface area contributed by atoms with Gasteiger partial charge >= 0.3 is 12.0 Å². The van der Waals surface area contributed by atoms with Gasteiger partial charge in [0.15, 0.2) is 0 Å². The van der Waals surface area contributed by atoms with Gasteiger partial charge in [-0.05, 0) is 0 Å². The van der Waals surface area contributed by atoms with Crippen molar-refractivity contribution in [1.82, 2.24) is 0 Å². The Morgan fingerprint density at radius 1 is 1.57 bits per heavy atom. The van der Waals surface area contributed by atoms with Crippen molar-refractivity contribution in [1.29, 1.82) is 0 Å². The summed E-state index contributed by atoms with van der Waals surface area (Å²) in [6.07, 6.45) is 0. The zero-order valence-electron chi connectivity index (χ0n) is 3.60. The van der Waals surface area contributed by atoms with Crippen molar-refractivity contribution < 1.29 is 18.7 Å². The molecule has 0 fully saturated rings. The summed E-state index contributed by atoms with van der Waals surface area (Å²) < 4.78 is 14.6. The predicted octanol–water partition coefficient (Wildman–Crippen LogP) is -0.345. The highest BCUT2D eigenvalue weighted by Crippen LogP contribution is 1.75. The first-order chi connectivity index (χ1) is 3.18. The van der Waals surface area contributed by atoms with Crippen molar-refractivity contribution >= 4 is 12.0 Å². The number of halogens is 1. The average Bonchev–Trinajstić information content (AvgIpc) is 1.65. The number of carbonyl (C=O) groups is 2. The minimum Gasteiger partial charge on any atom is -0.461 e. The molecule has 3 nitrogen and oxygen atoms in total. The predicted molar refractivity (Wildman–Crippen MR) is 18.1 cm³/mol. The monoisotopic (exact) mass is 106 g/mol. The molecule has 4 heteroatoms. The van der Waals surface area contributed by atoms with Crippen molar-refractivity contribution in [2.24, 2.45) is 0 Å². The van der Waals surface area contributed by atoms with Crippen molar-refractivity contribution in [3.63, 3.8) is 0 Å². The number of esters is 1. The summed E-state index contributed by atoms with van der Waals surface area (Å²) in [5.74, 6) is -1.46. The zero-order valence-corrected chi connectivity index (χ0v) is 3.60. The molecule has 0 aliphatic rings. The molecular weight excluding hydrogens is 103 g/mol. The van der Waals surface area contributed by atoms with Crippen LogP contribution in [0.3, 0.4) is 0 Å². The number of hydrogen-bond donors (Lipinski definition) is 0. The number of hydrogen-bond acceptors (Lipinski definition) is 3. The van der Waals surface area contributed by atoms with E-state index in [9.17, 15) is 14.0 Å². The van der Waals surface area contributed by atoms with Gasteiger partial charge < -0.3 is 4.74 Å². The van der Waals surface area contributed by atoms with E-state index in [1.807, 2.05) is 0 Å². The summed E-state index contributed by atoms with van der Waals surface area (Å²) in [6, 6.07) is -2.07. The lowest BCUT2D eigenvalue weighted by Crippen LogP contribution is -2.08. The van der Waals surface area contributed by atoms with Gasteiger partial charge in [-0.1, -0.05) is 0 Å². The van der Waals surface area contributed by atoms with Gasteiger partial charge in [0.25, 0.3) is 0 Å². The first kappa shape index (κ1) is 6.07. The van der Waals surface area contributed by atoms with Gasteiger partial charge in [-0.25, -0.2) is 9.59 Å². The number of ether oxygens (including phenoxy) is 1. The van der Waals surface area contributed by atoms with Crippen LogP contribution < -0.4 is 0 Å². The topological polar surface area (TPSA) is 43.4 Å². The van der Waals surface area contributed by atoms with Gasteiger partial charge in [0, 0.05) is 0 Å². The van der Waals surface area contributed by atoms with Crippen LogP contribution >= 0.6 is 0 Å². The quantitative estimate of drug-likeness (QED) is 0.261. The zero-order chi connectivity index (χ0) is 5.86. The smallest absolute Gasteiger partial charge is 0.409 e. The van der Waals surface area contributed by atoms with E-state index < -0.39 is 12.0 Å². The van der Waals surface area contributed by atoms with Crippen LogP contribution in [-0.2, 0) is 14.3 Å². The molecule has 0 saturated heterocycles. The molecule has 0 aromatic heterocycles. The molecule has 40 valence electrons. The molecule has 0 saturated carbocycles. The van der Waals surface area contributed by atoms with Crippen LogP contribution in [0.4, 0.5) is 4.39 Å². The summed E-state index contributed by atoms with van der Waals surface area (Å²) in [6.45, 7) is 0. The molecule has 0 aliphatic carbocycles. The second-order valence-corrected chi connectivity index (χ2v) is 0.765. The molecule has 0 spiro atoms. The summed E-state index contributed by atoms with van der Waals surface area (Å²) in [4.78, 5) is 18.8. The third kappa shape index (κ3) is 1.86. The van der Waals surface area contributed by atoms with Crippen LogP contribution in [0.2, 0.25) is 0 Å². The van der Waals surface area contributed by atoms with Crippen LogP contribution in [0, 0.1) is 0 Å². The third-order valence-electron chi connectivity index (χ3n) is 0.346. The van der Waals surface area contributed by atoms with Crippen molar-refractivity contribution in [2.75, 3.05) is 7.11 Å². The van der Waals surface area contributed by atoms with Crippen molar-refractivity contribution in [3.05, 3.63) is 0 Å². The summed E-state index contributed by atoms with van der Waals surface area (Å²) in [5.41, 5.74) is 0. The van der Waals surface area contributed by atoms with E-state index in [1.54, 1.807) is 0 Å². The molecule has 7 heavy (non-hydrogen) atoms. The van der Waals surface area contributed by atoms with Crippen molar-refractivity contribution in [2.45, 2.75) is 0 Å². The number of rotatable bonds is 1. The molecule has 0 bridgehead atoms. The van der Waals surface area contributed by atoms with E-state index in [-0.39, 0.29) is 0 Å². The Morgan fingerprint density at radius 2 is 2.00 bits per heavy atom. The maximum atomic E-state index is 11.0. The van der Waals surface area contributed by atoms with E-state index in [1.165, 1.54) is 0 Å². The average molecular weight is 106 g/mol. The second kappa shape index (κ2) is 2.28. The molecule has 0 aromatic carbocycles. The van der Waals surface area contributed by atoms with Gasteiger partial charge in [-0.15, -0.1) is 0 Å². The normalized spacial score (nSPS) is 7.71. The standard InChI is InChI=1S/C3H3FO3/c1-7-3(6)2(4)5/h1H3. The molecule has 0 rings (SSSR count). The highest BCUT2D eigenvalue weighted by atomic mass is 19.1. The Kier molecular flexibility index (Phi) is 1.98. The molecule has 0 N–H and O–H groups in total. The molecule has 0 unspecified atom stereocenters. The van der Waals surface area contributed by atoms with E-state index in [4.69, 9.17) is 0 Å². The third-order valence-corrected chi connectivity index (χ3v) is 0.346. The lowest BCUT2D eigenvalue weighted by molar-refractivity contribution is -0.157. The number of carbonyl (C=O) groups excluding carboxylic acids is 2. The Balaban J connectivity index is 3.58. The fourth-order valence-corrected chi connectivity index (χ4v) is 0.0802.